The minimum atomic E-state index is -0.959. The van der Waals surface area contributed by atoms with E-state index in [0.29, 0.717) is 12.2 Å². The summed E-state index contributed by atoms with van der Waals surface area (Å²) < 4.78 is 0. The largest absolute Gasteiger partial charge is 0.480 e. The Kier molecular flexibility index (Phi) is 7.59. The van der Waals surface area contributed by atoms with Crippen LogP contribution >= 0.6 is 12.6 Å². The summed E-state index contributed by atoms with van der Waals surface area (Å²) in [6.45, 7) is 0. The molecule has 56 valence electrons. The normalized spacial score (nSPS) is 11.8. The zero-order valence-electron chi connectivity index (χ0n) is 4.37. The third kappa shape index (κ3) is 5.65. The van der Waals surface area contributed by atoms with Crippen LogP contribution in [0.15, 0.2) is 0 Å². The van der Waals surface area contributed by atoms with Crippen LogP contribution in [0.4, 0.5) is 0 Å². The molecule has 0 saturated carbocycles. The van der Waals surface area contributed by atoms with Crippen molar-refractivity contribution in [2.45, 2.75) is 19.9 Å². The topological polar surface area (TPSA) is 63.3 Å². The van der Waals surface area contributed by atoms with Crippen LogP contribution in [0.25, 0.3) is 0 Å². The quantitative estimate of drug-likeness (QED) is 0.510. The molecule has 0 aromatic carbocycles. The van der Waals surface area contributed by atoms with Crippen LogP contribution < -0.4 is 5.73 Å². The fourth-order valence-electron chi connectivity index (χ4n) is 0.263. The molecule has 9 heavy (non-hydrogen) atoms. The lowest BCUT2D eigenvalue weighted by molar-refractivity contribution is -0.138. The molecule has 4 heteroatoms. The van der Waals surface area contributed by atoms with E-state index in [4.69, 9.17) is 10.8 Å². The molecule has 0 heterocycles. The molecule has 3 N–H and O–H groups in total. The van der Waals surface area contributed by atoms with Gasteiger partial charge in [0.15, 0.2) is 0 Å². The number of hydrogen-bond donors (Lipinski definition) is 3. The first-order valence-corrected chi connectivity index (χ1v) is 2.91. The zero-order valence-corrected chi connectivity index (χ0v) is 5.27. The predicted octanol–water partition coefficient (Wildman–Crippen LogP) is 0.354. The van der Waals surface area contributed by atoms with Gasteiger partial charge in [-0.3, -0.25) is 4.79 Å². The molecule has 0 radical (unpaired) electrons. The highest BCUT2D eigenvalue weighted by Crippen LogP contribution is 1.88. The van der Waals surface area contributed by atoms with Crippen LogP contribution in [0.3, 0.4) is 0 Å². The molecule has 0 aliphatic rings. The fraction of sp³-hybridized carbons (Fsp3) is 0.800. The standard InChI is InChI=1S/C4H9NO2S.CH4/c5-3(1-2-8)4(6)7;/h3,8H,1-2,5H2,(H,6,7);1H4. The van der Waals surface area contributed by atoms with E-state index in [9.17, 15) is 4.79 Å². The number of nitrogens with two attached hydrogens (primary N) is 1. The molecule has 0 aromatic rings. The predicted molar refractivity (Wildman–Crippen MR) is 40.8 cm³/mol. The Bertz CT molecular complexity index is 87.0. The highest BCUT2D eigenvalue weighted by Gasteiger charge is 2.08. The van der Waals surface area contributed by atoms with E-state index >= 15 is 0 Å². The van der Waals surface area contributed by atoms with E-state index in [-0.39, 0.29) is 7.43 Å². The Hall–Kier alpha value is -0.220. The van der Waals surface area contributed by atoms with E-state index in [2.05, 4.69) is 12.6 Å². The first kappa shape index (κ1) is 11.6. The zero-order chi connectivity index (χ0) is 6.57. The third-order valence-electron chi connectivity index (χ3n) is 0.757. The first-order chi connectivity index (χ1) is 3.68. The van der Waals surface area contributed by atoms with Crippen LogP contribution in [0.2, 0.25) is 0 Å². The fourth-order valence-corrected chi connectivity index (χ4v) is 0.541. The minimum Gasteiger partial charge on any atom is -0.480 e. The van der Waals surface area contributed by atoms with Gasteiger partial charge in [0.25, 0.3) is 0 Å². The molecular formula is C5H13NO2S. The first-order valence-electron chi connectivity index (χ1n) is 2.27. The van der Waals surface area contributed by atoms with Gasteiger partial charge in [0.2, 0.25) is 0 Å². The maximum Gasteiger partial charge on any atom is 0.320 e. The third-order valence-corrected chi connectivity index (χ3v) is 1.02. The average molecular weight is 151 g/mol. The molecule has 0 amide bonds. The molecular weight excluding hydrogens is 138 g/mol. The lowest BCUT2D eigenvalue weighted by Gasteiger charge is -2.00. The van der Waals surface area contributed by atoms with Crippen LogP contribution in [-0.2, 0) is 4.79 Å². The summed E-state index contributed by atoms with van der Waals surface area (Å²) in [6.07, 6.45) is 0.429. The van der Waals surface area contributed by atoms with Crippen LogP contribution in [0.1, 0.15) is 13.8 Å². The Morgan fingerprint density at radius 1 is 1.78 bits per heavy atom. The van der Waals surface area contributed by atoms with Gasteiger partial charge in [-0.25, -0.2) is 0 Å². The molecule has 1 atom stereocenters. The van der Waals surface area contributed by atoms with Crippen LogP contribution in [0, 0.1) is 0 Å². The molecule has 1 unspecified atom stereocenters. The van der Waals surface area contributed by atoms with Crippen LogP contribution in [0.5, 0.6) is 0 Å². The van der Waals surface area contributed by atoms with Gasteiger partial charge in [0.1, 0.15) is 6.04 Å². The highest BCUT2D eigenvalue weighted by molar-refractivity contribution is 7.80. The van der Waals surface area contributed by atoms with Gasteiger partial charge in [-0.05, 0) is 12.2 Å². The van der Waals surface area contributed by atoms with E-state index in [1.165, 1.54) is 0 Å². The van der Waals surface area contributed by atoms with Crippen molar-refractivity contribution in [1.29, 1.82) is 0 Å². The number of carboxylic acid groups (broad SMARTS) is 1. The van der Waals surface area contributed by atoms with Crippen LogP contribution in [-0.4, -0.2) is 22.9 Å². The number of carboxylic acids is 1. The lowest BCUT2D eigenvalue weighted by Crippen LogP contribution is -2.30. The minimum absolute atomic E-state index is 0. The monoisotopic (exact) mass is 151 g/mol. The van der Waals surface area contributed by atoms with Crippen molar-refractivity contribution in [3.05, 3.63) is 0 Å². The summed E-state index contributed by atoms with van der Waals surface area (Å²) in [5.74, 6) is -0.438. The molecule has 0 fully saturated rings. The van der Waals surface area contributed by atoms with Crippen molar-refractivity contribution in [3.63, 3.8) is 0 Å². The Morgan fingerprint density at radius 3 is 2.33 bits per heavy atom. The summed E-state index contributed by atoms with van der Waals surface area (Å²) in [5.41, 5.74) is 5.08. The van der Waals surface area contributed by atoms with Gasteiger partial charge >= 0.3 is 5.97 Å². The van der Waals surface area contributed by atoms with Crippen molar-refractivity contribution < 1.29 is 9.90 Å². The number of carbonyl (C=O) groups is 1. The second-order valence-corrected chi connectivity index (χ2v) is 1.90. The molecule has 0 aromatic heterocycles. The number of hydrogen-bond acceptors (Lipinski definition) is 3. The van der Waals surface area contributed by atoms with Crippen molar-refractivity contribution in [3.8, 4) is 0 Å². The van der Waals surface area contributed by atoms with E-state index < -0.39 is 12.0 Å². The van der Waals surface area contributed by atoms with Crippen molar-refractivity contribution in [1.82, 2.24) is 0 Å². The number of thiol groups is 1. The molecule has 0 rings (SSSR count). The summed E-state index contributed by atoms with van der Waals surface area (Å²) in [5, 5.41) is 8.15. The summed E-state index contributed by atoms with van der Waals surface area (Å²) in [4.78, 5) is 9.93. The van der Waals surface area contributed by atoms with Gasteiger partial charge in [0.05, 0.1) is 0 Å². The Balaban J connectivity index is 0. The van der Waals surface area contributed by atoms with Crippen molar-refractivity contribution in [2.24, 2.45) is 5.73 Å². The molecule has 0 aliphatic carbocycles. The van der Waals surface area contributed by atoms with E-state index in [1.807, 2.05) is 0 Å². The lowest BCUT2D eigenvalue weighted by atomic mass is 10.2. The van der Waals surface area contributed by atoms with Crippen molar-refractivity contribution >= 4 is 18.6 Å². The molecule has 3 nitrogen and oxygen atoms in total. The molecule has 0 saturated heterocycles. The summed E-state index contributed by atoms with van der Waals surface area (Å²) in [6, 6.07) is -0.743. The van der Waals surface area contributed by atoms with Gasteiger partial charge in [-0.15, -0.1) is 0 Å². The molecule has 0 bridgehead atoms. The van der Waals surface area contributed by atoms with E-state index in [0.717, 1.165) is 0 Å². The van der Waals surface area contributed by atoms with Crippen molar-refractivity contribution in [2.75, 3.05) is 5.75 Å². The average Bonchev–Trinajstić information content (AvgIpc) is 1.67. The summed E-state index contributed by atoms with van der Waals surface area (Å²) in [7, 11) is 0. The SMILES string of the molecule is C.NC(CCS)C(=O)O. The van der Waals surface area contributed by atoms with Gasteiger partial charge in [0, 0.05) is 0 Å². The smallest absolute Gasteiger partial charge is 0.320 e. The molecule has 0 aliphatic heterocycles. The maximum atomic E-state index is 9.93. The Morgan fingerprint density at radius 2 is 2.22 bits per heavy atom. The number of aliphatic carboxylic acids is 1. The Labute approximate surface area is 60.7 Å². The van der Waals surface area contributed by atoms with Gasteiger partial charge in [-0.2, -0.15) is 12.6 Å². The second kappa shape index (κ2) is 5.91. The second-order valence-electron chi connectivity index (χ2n) is 1.46. The molecule has 0 spiro atoms. The van der Waals surface area contributed by atoms with Gasteiger partial charge < -0.3 is 10.8 Å². The van der Waals surface area contributed by atoms with E-state index in [1.54, 1.807) is 0 Å². The summed E-state index contributed by atoms with van der Waals surface area (Å²) >= 11 is 3.81. The number of rotatable bonds is 3. The van der Waals surface area contributed by atoms with Gasteiger partial charge in [-0.1, -0.05) is 7.43 Å². The highest BCUT2D eigenvalue weighted by atomic mass is 32.1. The maximum absolute atomic E-state index is 9.93.